The van der Waals surface area contributed by atoms with E-state index in [1.807, 2.05) is 36.9 Å². The van der Waals surface area contributed by atoms with E-state index in [-0.39, 0.29) is 5.91 Å². The summed E-state index contributed by atoms with van der Waals surface area (Å²) in [4.78, 5) is 14.6. The van der Waals surface area contributed by atoms with Crippen molar-refractivity contribution < 1.29 is 14.3 Å². The SMILES string of the molecule is CCN1C(=O)c2cc(C)cc3c2c1cc1ccc(OC)c(OC)c13. The predicted molar refractivity (Wildman–Crippen MR) is 96.6 cm³/mol. The average molecular weight is 321 g/mol. The highest BCUT2D eigenvalue weighted by Crippen LogP contribution is 2.46. The van der Waals surface area contributed by atoms with Crippen LogP contribution in [0.4, 0.5) is 5.69 Å². The van der Waals surface area contributed by atoms with Crippen LogP contribution in [0.5, 0.6) is 11.5 Å². The van der Waals surface area contributed by atoms with Crippen LogP contribution in [0, 0.1) is 6.92 Å². The third-order valence-corrected chi connectivity index (χ3v) is 4.76. The fourth-order valence-electron chi connectivity index (χ4n) is 3.77. The smallest absolute Gasteiger partial charge is 0.258 e. The van der Waals surface area contributed by atoms with Crippen LogP contribution in [0.1, 0.15) is 22.8 Å². The minimum atomic E-state index is 0.0717. The Hall–Kier alpha value is -2.75. The van der Waals surface area contributed by atoms with E-state index in [1.165, 1.54) is 0 Å². The van der Waals surface area contributed by atoms with Gasteiger partial charge in [-0.1, -0.05) is 12.1 Å². The number of methoxy groups -OCH3 is 2. The maximum Gasteiger partial charge on any atom is 0.258 e. The van der Waals surface area contributed by atoms with Crippen LogP contribution >= 0.6 is 0 Å². The van der Waals surface area contributed by atoms with Crippen molar-refractivity contribution in [1.29, 1.82) is 0 Å². The molecule has 1 aliphatic heterocycles. The van der Waals surface area contributed by atoms with Gasteiger partial charge in [0.15, 0.2) is 11.5 Å². The van der Waals surface area contributed by atoms with Gasteiger partial charge in [-0.15, -0.1) is 0 Å². The van der Waals surface area contributed by atoms with Gasteiger partial charge in [0.1, 0.15) is 0 Å². The van der Waals surface area contributed by atoms with Crippen molar-refractivity contribution in [3.05, 3.63) is 41.5 Å². The van der Waals surface area contributed by atoms with E-state index >= 15 is 0 Å². The van der Waals surface area contributed by atoms with Crippen LogP contribution in [-0.2, 0) is 0 Å². The van der Waals surface area contributed by atoms with Crippen molar-refractivity contribution in [3.8, 4) is 11.5 Å². The molecule has 3 aromatic carbocycles. The Kier molecular flexibility index (Phi) is 3.17. The molecule has 1 heterocycles. The largest absolute Gasteiger partial charge is 0.493 e. The molecule has 24 heavy (non-hydrogen) atoms. The van der Waals surface area contributed by atoms with Crippen LogP contribution in [0.2, 0.25) is 0 Å². The van der Waals surface area contributed by atoms with E-state index in [2.05, 4.69) is 12.1 Å². The van der Waals surface area contributed by atoms with Crippen LogP contribution < -0.4 is 14.4 Å². The molecule has 1 amide bonds. The van der Waals surface area contributed by atoms with Crippen molar-refractivity contribution >= 4 is 33.1 Å². The average Bonchev–Trinajstić information content (AvgIpc) is 2.85. The minimum absolute atomic E-state index is 0.0717. The molecule has 1 aliphatic rings. The number of nitrogens with zero attached hydrogens (tertiary/aromatic N) is 1. The van der Waals surface area contributed by atoms with Gasteiger partial charge in [0.2, 0.25) is 0 Å². The third kappa shape index (κ3) is 1.77. The quantitative estimate of drug-likeness (QED) is 0.675. The molecule has 4 nitrogen and oxygen atoms in total. The Morgan fingerprint density at radius 2 is 1.83 bits per heavy atom. The second-order valence-electron chi connectivity index (χ2n) is 6.08. The van der Waals surface area contributed by atoms with Gasteiger partial charge < -0.3 is 14.4 Å². The molecule has 0 N–H and O–H groups in total. The highest BCUT2D eigenvalue weighted by atomic mass is 16.5. The predicted octanol–water partition coefficient (Wildman–Crippen LogP) is 4.30. The van der Waals surface area contributed by atoms with E-state index in [1.54, 1.807) is 14.2 Å². The molecule has 0 aromatic heterocycles. The van der Waals surface area contributed by atoms with Gasteiger partial charge >= 0.3 is 0 Å². The molecule has 4 heteroatoms. The standard InChI is InChI=1S/C20H19NO3/c1-5-21-15-10-12-6-7-16(23-3)19(24-4)17(12)13-8-11(2)9-14(18(13)15)20(21)22/h6-10H,5H2,1-4H3. The summed E-state index contributed by atoms with van der Waals surface area (Å²) < 4.78 is 11.1. The molecule has 0 spiro atoms. The van der Waals surface area contributed by atoms with E-state index in [9.17, 15) is 4.79 Å². The molecule has 0 aliphatic carbocycles. The normalized spacial score (nSPS) is 13.2. The maximum absolute atomic E-state index is 12.8. The first-order valence-corrected chi connectivity index (χ1v) is 8.04. The van der Waals surface area contributed by atoms with E-state index in [0.29, 0.717) is 18.0 Å². The molecule has 3 aromatic rings. The number of hydrogen-bond acceptors (Lipinski definition) is 3. The Bertz CT molecular complexity index is 1010. The summed E-state index contributed by atoms with van der Waals surface area (Å²) in [5.41, 5.74) is 2.81. The van der Waals surface area contributed by atoms with E-state index in [4.69, 9.17) is 9.47 Å². The Morgan fingerprint density at radius 3 is 2.50 bits per heavy atom. The second kappa shape index (κ2) is 5.13. The summed E-state index contributed by atoms with van der Waals surface area (Å²) in [5.74, 6) is 1.47. The zero-order chi connectivity index (χ0) is 17.0. The van der Waals surface area contributed by atoms with Crippen LogP contribution in [0.15, 0.2) is 30.3 Å². The lowest BCUT2D eigenvalue weighted by Crippen LogP contribution is -2.25. The monoisotopic (exact) mass is 321 g/mol. The first-order chi connectivity index (χ1) is 11.6. The van der Waals surface area contributed by atoms with Gasteiger partial charge in [-0.05, 0) is 48.4 Å². The topological polar surface area (TPSA) is 38.8 Å². The number of hydrogen-bond donors (Lipinski definition) is 0. The fraction of sp³-hybridized carbons (Fsp3) is 0.250. The van der Waals surface area contributed by atoms with Gasteiger partial charge in [-0.3, -0.25) is 4.79 Å². The molecule has 0 saturated carbocycles. The van der Waals surface area contributed by atoms with Crippen molar-refractivity contribution in [2.24, 2.45) is 0 Å². The zero-order valence-corrected chi connectivity index (χ0v) is 14.3. The number of benzene rings is 3. The number of aryl methyl sites for hydroxylation is 1. The second-order valence-corrected chi connectivity index (χ2v) is 6.08. The number of fused-ring (bicyclic) bond motifs is 2. The minimum Gasteiger partial charge on any atom is -0.493 e. The van der Waals surface area contributed by atoms with Gasteiger partial charge in [-0.25, -0.2) is 0 Å². The molecule has 4 rings (SSSR count). The maximum atomic E-state index is 12.8. The highest BCUT2D eigenvalue weighted by molar-refractivity contribution is 6.30. The Morgan fingerprint density at radius 1 is 1.04 bits per heavy atom. The molecule has 0 fully saturated rings. The molecule has 0 atom stereocenters. The summed E-state index contributed by atoms with van der Waals surface area (Å²) in [7, 11) is 3.29. The van der Waals surface area contributed by atoms with Crippen molar-refractivity contribution in [2.45, 2.75) is 13.8 Å². The third-order valence-electron chi connectivity index (χ3n) is 4.76. The van der Waals surface area contributed by atoms with Gasteiger partial charge in [0.05, 0.1) is 25.5 Å². The number of anilines is 1. The lowest BCUT2D eigenvalue weighted by atomic mass is 9.96. The molecular formula is C20H19NO3. The number of ether oxygens (including phenoxy) is 2. The summed E-state index contributed by atoms with van der Waals surface area (Å²) >= 11 is 0. The van der Waals surface area contributed by atoms with Gasteiger partial charge in [-0.2, -0.15) is 0 Å². The van der Waals surface area contributed by atoms with Crippen LogP contribution in [0.3, 0.4) is 0 Å². The molecule has 0 radical (unpaired) electrons. The van der Waals surface area contributed by atoms with Crippen molar-refractivity contribution in [3.63, 3.8) is 0 Å². The first kappa shape index (κ1) is 14.8. The lowest BCUT2D eigenvalue weighted by molar-refractivity contribution is 0.0994. The number of rotatable bonds is 3. The number of amides is 1. The van der Waals surface area contributed by atoms with Gasteiger partial charge in [0, 0.05) is 17.3 Å². The number of carbonyl (C=O) groups excluding carboxylic acids is 1. The zero-order valence-electron chi connectivity index (χ0n) is 14.3. The summed E-state index contributed by atoms with van der Waals surface area (Å²) in [6, 6.07) is 10.1. The molecule has 122 valence electrons. The first-order valence-electron chi connectivity index (χ1n) is 8.04. The molecule has 0 saturated heterocycles. The Balaban J connectivity index is 2.26. The van der Waals surface area contributed by atoms with Crippen molar-refractivity contribution in [2.75, 3.05) is 25.7 Å². The molecule has 0 unspecified atom stereocenters. The fourth-order valence-corrected chi connectivity index (χ4v) is 3.77. The lowest BCUT2D eigenvalue weighted by Gasteiger charge is -2.17. The van der Waals surface area contributed by atoms with Crippen molar-refractivity contribution in [1.82, 2.24) is 0 Å². The highest BCUT2D eigenvalue weighted by Gasteiger charge is 2.30. The van der Waals surface area contributed by atoms with E-state index < -0.39 is 0 Å². The molecule has 0 bridgehead atoms. The summed E-state index contributed by atoms with van der Waals surface area (Å²) in [6.45, 7) is 4.67. The van der Waals surface area contributed by atoms with Crippen LogP contribution in [0.25, 0.3) is 21.5 Å². The van der Waals surface area contributed by atoms with Crippen LogP contribution in [-0.4, -0.2) is 26.7 Å². The summed E-state index contributed by atoms with van der Waals surface area (Å²) in [5, 5.41) is 4.08. The Labute approximate surface area is 140 Å². The van der Waals surface area contributed by atoms with E-state index in [0.717, 1.165) is 38.4 Å². The summed E-state index contributed by atoms with van der Waals surface area (Å²) in [6.07, 6.45) is 0. The van der Waals surface area contributed by atoms with Gasteiger partial charge in [0.25, 0.3) is 5.91 Å². The number of carbonyl (C=O) groups is 1. The molecular weight excluding hydrogens is 302 g/mol.